The van der Waals surface area contributed by atoms with Crippen molar-refractivity contribution in [1.29, 1.82) is 0 Å². The van der Waals surface area contributed by atoms with Crippen molar-refractivity contribution in [1.82, 2.24) is 24.5 Å². The third kappa shape index (κ3) is 3.88. The molecule has 7 nitrogen and oxygen atoms in total. The number of hydrogen-bond acceptors (Lipinski definition) is 6. The summed E-state index contributed by atoms with van der Waals surface area (Å²) in [5.41, 5.74) is 0. The number of nitrogens with one attached hydrogen (secondary N) is 1. The Bertz CT molecular complexity index is 533. The van der Waals surface area contributed by atoms with Gasteiger partial charge in [-0.15, -0.1) is 0 Å². The van der Waals surface area contributed by atoms with E-state index in [-0.39, 0.29) is 11.9 Å². The van der Waals surface area contributed by atoms with Gasteiger partial charge in [-0.05, 0) is 23.9 Å². The summed E-state index contributed by atoms with van der Waals surface area (Å²) < 4.78 is 1.66. The zero-order chi connectivity index (χ0) is 14.4. The van der Waals surface area contributed by atoms with Gasteiger partial charge in [0.25, 0.3) is 0 Å². The van der Waals surface area contributed by atoms with Gasteiger partial charge in [0.2, 0.25) is 17.2 Å². The maximum absolute atomic E-state index is 8.98. The van der Waals surface area contributed by atoms with Crippen molar-refractivity contribution in [2.75, 3.05) is 18.5 Å². The van der Waals surface area contributed by atoms with Crippen molar-refractivity contribution in [2.45, 2.75) is 19.8 Å². The molecule has 0 bridgehead atoms. The van der Waals surface area contributed by atoms with E-state index in [2.05, 4.69) is 32.2 Å². The number of rotatable bonds is 7. The van der Waals surface area contributed by atoms with Crippen molar-refractivity contribution in [3.05, 3.63) is 24.0 Å². The highest BCUT2D eigenvalue weighted by atomic mass is 35.5. The highest BCUT2D eigenvalue weighted by molar-refractivity contribution is 6.28. The molecule has 0 fully saturated rings. The van der Waals surface area contributed by atoms with Gasteiger partial charge in [-0.1, -0.05) is 13.3 Å². The first-order valence-electron chi connectivity index (χ1n) is 6.47. The predicted octanol–water partition coefficient (Wildman–Crippen LogP) is 1.53. The average Bonchev–Trinajstić information content (AvgIpc) is 2.97. The van der Waals surface area contributed by atoms with Gasteiger partial charge in [0, 0.05) is 25.5 Å². The molecule has 2 heterocycles. The number of imidazole rings is 1. The number of anilines is 1. The number of nitrogens with zero attached hydrogens (tertiary/aromatic N) is 5. The van der Waals surface area contributed by atoms with Gasteiger partial charge in [0.15, 0.2) is 0 Å². The Morgan fingerprint density at radius 1 is 1.40 bits per heavy atom. The van der Waals surface area contributed by atoms with Crippen molar-refractivity contribution >= 4 is 17.5 Å². The Labute approximate surface area is 122 Å². The number of hydrogen-bond donors (Lipinski definition) is 2. The minimum Gasteiger partial charge on any atom is -0.396 e. The van der Waals surface area contributed by atoms with E-state index in [0.29, 0.717) is 24.4 Å². The molecular weight excluding hydrogens is 280 g/mol. The van der Waals surface area contributed by atoms with Crippen LogP contribution in [0.2, 0.25) is 5.28 Å². The highest BCUT2D eigenvalue weighted by Crippen LogP contribution is 2.12. The molecule has 2 N–H and O–H groups in total. The first kappa shape index (κ1) is 14.7. The molecule has 2 rings (SSSR count). The summed E-state index contributed by atoms with van der Waals surface area (Å²) in [6.07, 6.45) is 6.68. The lowest BCUT2D eigenvalue weighted by molar-refractivity contribution is 0.258. The van der Waals surface area contributed by atoms with Gasteiger partial charge in [-0.25, -0.2) is 4.98 Å². The molecule has 0 aliphatic heterocycles. The lowest BCUT2D eigenvalue weighted by Crippen LogP contribution is -2.17. The largest absolute Gasteiger partial charge is 0.396 e. The van der Waals surface area contributed by atoms with Crippen LogP contribution in [-0.2, 0) is 0 Å². The predicted molar refractivity (Wildman–Crippen MR) is 75.9 cm³/mol. The molecule has 1 unspecified atom stereocenters. The van der Waals surface area contributed by atoms with Gasteiger partial charge in [-0.3, -0.25) is 4.57 Å². The van der Waals surface area contributed by atoms with Gasteiger partial charge in [-0.2, -0.15) is 15.0 Å². The maximum atomic E-state index is 8.98. The standard InChI is InChI=1S/C12H17ClN6O/c1-2-9(3-6-20)7-15-11-16-10(13)17-12(18-11)19-5-4-14-8-19/h4-5,8-9,20H,2-3,6-7H2,1H3,(H,15,16,17,18). The Morgan fingerprint density at radius 2 is 2.25 bits per heavy atom. The van der Waals surface area contributed by atoms with Gasteiger partial charge in [0.1, 0.15) is 6.33 Å². The molecule has 0 spiro atoms. The monoisotopic (exact) mass is 296 g/mol. The van der Waals surface area contributed by atoms with Gasteiger partial charge < -0.3 is 10.4 Å². The lowest BCUT2D eigenvalue weighted by atomic mass is 10.0. The van der Waals surface area contributed by atoms with Crippen molar-refractivity contribution in [3.63, 3.8) is 0 Å². The molecule has 0 aromatic carbocycles. The van der Waals surface area contributed by atoms with E-state index in [9.17, 15) is 0 Å². The van der Waals surface area contributed by atoms with E-state index in [1.807, 2.05) is 0 Å². The normalized spacial score (nSPS) is 12.3. The fourth-order valence-corrected chi connectivity index (χ4v) is 1.94. The molecule has 0 saturated heterocycles. The molecule has 0 aliphatic carbocycles. The summed E-state index contributed by atoms with van der Waals surface area (Å²) in [5, 5.41) is 12.2. The molecule has 2 aromatic heterocycles. The molecular formula is C12H17ClN6O. The molecule has 20 heavy (non-hydrogen) atoms. The van der Waals surface area contributed by atoms with E-state index < -0.39 is 0 Å². The summed E-state index contributed by atoms with van der Waals surface area (Å²) in [6, 6.07) is 0. The third-order valence-electron chi connectivity index (χ3n) is 3.00. The SMILES string of the molecule is CCC(CCO)CNc1nc(Cl)nc(-n2ccnc2)n1. The number of halogens is 1. The second-order valence-corrected chi connectivity index (χ2v) is 4.70. The molecule has 0 radical (unpaired) electrons. The van der Waals surface area contributed by atoms with Crippen LogP contribution in [0.3, 0.4) is 0 Å². The molecule has 0 aliphatic rings. The van der Waals surface area contributed by atoms with Gasteiger partial charge in [0.05, 0.1) is 0 Å². The first-order valence-corrected chi connectivity index (χ1v) is 6.85. The van der Waals surface area contributed by atoms with Crippen LogP contribution in [0.15, 0.2) is 18.7 Å². The summed E-state index contributed by atoms with van der Waals surface area (Å²) in [4.78, 5) is 16.3. The summed E-state index contributed by atoms with van der Waals surface area (Å²) in [5.74, 6) is 1.21. The van der Waals surface area contributed by atoms with E-state index >= 15 is 0 Å². The summed E-state index contributed by atoms with van der Waals surface area (Å²) in [7, 11) is 0. The van der Waals surface area contributed by atoms with Crippen LogP contribution in [0.5, 0.6) is 0 Å². The fraction of sp³-hybridized carbons (Fsp3) is 0.500. The van der Waals surface area contributed by atoms with Crippen LogP contribution in [0.4, 0.5) is 5.95 Å². The second kappa shape index (κ2) is 7.16. The maximum Gasteiger partial charge on any atom is 0.241 e. The number of aliphatic hydroxyl groups excluding tert-OH is 1. The molecule has 2 aromatic rings. The van der Waals surface area contributed by atoms with E-state index in [1.165, 1.54) is 0 Å². The number of aromatic nitrogens is 5. The quantitative estimate of drug-likeness (QED) is 0.805. The van der Waals surface area contributed by atoms with Crippen molar-refractivity contribution in [3.8, 4) is 5.95 Å². The summed E-state index contributed by atoms with van der Waals surface area (Å²) >= 11 is 5.90. The van der Waals surface area contributed by atoms with Crippen molar-refractivity contribution in [2.24, 2.45) is 5.92 Å². The highest BCUT2D eigenvalue weighted by Gasteiger charge is 2.09. The van der Waals surface area contributed by atoms with Crippen LogP contribution < -0.4 is 5.32 Å². The molecule has 0 saturated carbocycles. The van der Waals surface area contributed by atoms with E-state index in [1.54, 1.807) is 23.3 Å². The van der Waals surface area contributed by atoms with Crippen LogP contribution in [-0.4, -0.2) is 42.8 Å². The van der Waals surface area contributed by atoms with E-state index in [0.717, 1.165) is 12.8 Å². The zero-order valence-corrected chi connectivity index (χ0v) is 12.0. The smallest absolute Gasteiger partial charge is 0.241 e. The average molecular weight is 297 g/mol. The Balaban J connectivity index is 2.08. The second-order valence-electron chi connectivity index (χ2n) is 4.37. The summed E-state index contributed by atoms with van der Waals surface area (Å²) in [6.45, 7) is 2.94. The van der Waals surface area contributed by atoms with Crippen LogP contribution in [0, 0.1) is 5.92 Å². The molecule has 8 heteroatoms. The Kier molecular flexibility index (Phi) is 5.25. The van der Waals surface area contributed by atoms with E-state index in [4.69, 9.17) is 16.7 Å². The number of aliphatic hydroxyl groups is 1. The minimum absolute atomic E-state index is 0.126. The molecule has 108 valence electrons. The lowest BCUT2D eigenvalue weighted by Gasteiger charge is -2.14. The molecule has 1 atom stereocenters. The van der Waals surface area contributed by atoms with Crippen LogP contribution >= 0.6 is 11.6 Å². The van der Waals surface area contributed by atoms with Crippen LogP contribution in [0.1, 0.15) is 19.8 Å². The fourth-order valence-electron chi connectivity index (χ4n) is 1.78. The van der Waals surface area contributed by atoms with Gasteiger partial charge >= 0.3 is 0 Å². The Hall–Kier alpha value is -1.73. The van der Waals surface area contributed by atoms with Crippen LogP contribution in [0.25, 0.3) is 5.95 Å². The Morgan fingerprint density at radius 3 is 2.90 bits per heavy atom. The topological polar surface area (TPSA) is 88.8 Å². The minimum atomic E-state index is 0.126. The first-order chi connectivity index (χ1) is 9.72. The molecule has 0 amide bonds. The van der Waals surface area contributed by atoms with Crippen molar-refractivity contribution < 1.29 is 5.11 Å². The zero-order valence-electron chi connectivity index (χ0n) is 11.2. The third-order valence-corrected chi connectivity index (χ3v) is 3.16.